The lowest BCUT2D eigenvalue weighted by atomic mass is 10.2. The van der Waals surface area contributed by atoms with Crippen LogP contribution < -0.4 is 20.3 Å². The second-order valence-electron chi connectivity index (χ2n) is 7.35. The van der Waals surface area contributed by atoms with Crippen LogP contribution in [0.1, 0.15) is 17.3 Å². The van der Waals surface area contributed by atoms with E-state index in [1.54, 1.807) is 50.4 Å². The SMILES string of the molecule is COc1ccccc1NC(=O)c1ccc(NC(=O)CN(CC(C)O)c2ccccc2)cc1. The lowest BCUT2D eigenvalue weighted by Crippen LogP contribution is -2.37. The number of hydrogen-bond donors (Lipinski definition) is 3. The summed E-state index contributed by atoms with van der Waals surface area (Å²) in [4.78, 5) is 26.9. The van der Waals surface area contributed by atoms with Gasteiger partial charge in [-0.2, -0.15) is 0 Å². The lowest BCUT2D eigenvalue weighted by Gasteiger charge is -2.25. The fourth-order valence-electron chi connectivity index (χ4n) is 3.24. The highest BCUT2D eigenvalue weighted by Gasteiger charge is 2.14. The summed E-state index contributed by atoms with van der Waals surface area (Å²) in [5.74, 6) is 0.0743. The van der Waals surface area contributed by atoms with Crippen LogP contribution in [-0.4, -0.2) is 43.2 Å². The number of methoxy groups -OCH3 is 1. The summed E-state index contributed by atoms with van der Waals surface area (Å²) >= 11 is 0. The Bertz CT molecular complexity index is 1040. The second kappa shape index (κ2) is 11.0. The maximum Gasteiger partial charge on any atom is 0.255 e. The van der Waals surface area contributed by atoms with E-state index in [0.29, 0.717) is 29.2 Å². The largest absolute Gasteiger partial charge is 0.495 e. The molecule has 0 bridgehead atoms. The van der Waals surface area contributed by atoms with Gasteiger partial charge in [-0.05, 0) is 55.5 Å². The van der Waals surface area contributed by atoms with Gasteiger partial charge in [0.05, 0.1) is 25.4 Å². The van der Waals surface area contributed by atoms with Gasteiger partial charge < -0.3 is 25.4 Å². The Kier molecular flexibility index (Phi) is 7.83. The number of carbonyl (C=O) groups excluding carboxylic acids is 2. The molecule has 0 aliphatic heterocycles. The Morgan fingerprint density at radius 3 is 2.25 bits per heavy atom. The van der Waals surface area contributed by atoms with Crippen LogP contribution in [0.25, 0.3) is 0 Å². The minimum absolute atomic E-state index is 0.0882. The van der Waals surface area contributed by atoms with Gasteiger partial charge in [-0.3, -0.25) is 9.59 Å². The Labute approximate surface area is 187 Å². The van der Waals surface area contributed by atoms with Gasteiger partial charge in [0.25, 0.3) is 5.91 Å². The number of amides is 2. The minimum Gasteiger partial charge on any atom is -0.495 e. The smallest absolute Gasteiger partial charge is 0.255 e. The quantitative estimate of drug-likeness (QED) is 0.478. The molecule has 2 amide bonds. The van der Waals surface area contributed by atoms with E-state index < -0.39 is 6.10 Å². The summed E-state index contributed by atoms with van der Waals surface area (Å²) in [6, 6.07) is 23.3. The van der Waals surface area contributed by atoms with E-state index in [9.17, 15) is 14.7 Å². The summed E-state index contributed by atoms with van der Waals surface area (Å²) in [5, 5.41) is 15.4. The van der Waals surface area contributed by atoms with Crippen molar-refractivity contribution in [1.82, 2.24) is 0 Å². The first-order chi connectivity index (χ1) is 15.5. The predicted octanol–water partition coefficient (Wildman–Crippen LogP) is 3.77. The molecule has 0 aliphatic carbocycles. The molecule has 3 aromatic rings. The topological polar surface area (TPSA) is 90.9 Å². The first kappa shape index (κ1) is 22.8. The third-order valence-electron chi connectivity index (χ3n) is 4.73. The highest BCUT2D eigenvalue weighted by Crippen LogP contribution is 2.24. The van der Waals surface area contributed by atoms with Crippen LogP contribution in [0.4, 0.5) is 17.1 Å². The number of benzene rings is 3. The van der Waals surface area contributed by atoms with E-state index in [-0.39, 0.29) is 18.4 Å². The molecule has 166 valence electrons. The van der Waals surface area contributed by atoms with Crippen molar-refractivity contribution in [3.8, 4) is 5.75 Å². The van der Waals surface area contributed by atoms with Crippen LogP contribution in [0.2, 0.25) is 0 Å². The Morgan fingerprint density at radius 1 is 0.938 bits per heavy atom. The maximum absolute atomic E-state index is 12.6. The van der Waals surface area contributed by atoms with Gasteiger partial charge >= 0.3 is 0 Å². The average Bonchev–Trinajstić information content (AvgIpc) is 2.79. The van der Waals surface area contributed by atoms with Gasteiger partial charge in [0, 0.05) is 23.5 Å². The second-order valence-corrected chi connectivity index (χ2v) is 7.35. The monoisotopic (exact) mass is 433 g/mol. The molecule has 3 N–H and O–H groups in total. The molecule has 0 spiro atoms. The minimum atomic E-state index is -0.580. The van der Waals surface area contributed by atoms with Crippen molar-refractivity contribution in [3.05, 3.63) is 84.4 Å². The number of carbonyl (C=O) groups is 2. The molecule has 1 atom stereocenters. The zero-order valence-electron chi connectivity index (χ0n) is 18.1. The third kappa shape index (κ3) is 6.33. The molecule has 1 unspecified atom stereocenters. The van der Waals surface area contributed by atoms with Crippen LogP contribution in [0.3, 0.4) is 0 Å². The fourth-order valence-corrected chi connectivity index (χ4v) is 3.24. The summed E-state index contributed by atoms with van der Waals surface area (Å²) < 4.78 is 5.25. The van der Waals surface area contributed by atoms with Crippen molar-refractivity contribution >= 4 is 28.9 Å². The van der Waals surface area contributed by atoms with Crippen LogP contribution in [0.15, 0.2) is 78.9 Å². The molecule has 0 radical (unpaired) electrons. The van der Waals surface area contributed by atoms with Crippen molar-refractivity contribution in [2.45, 2.75) is 13.0 Å². The normalized spacial score (nSPS) is 11.3. The Morgan fingerprint density at radius 2 is 1.59 bits per heavy atom. The summed E-state index contributed by atoms with van der Waals surface area (Å²) in [6.45, 7) is 2.10. The molecule has 0 aromatic heterocycles. The lowest BCUT2D eigenvalue weighted by molar-refractivity contribution is -0.115. The van der Waals surface area contributed by atoms with E-state index in [1.807, 2.05) is 47.4 Å². The van der Waals surface area contributed by atoms with Crippen molar-refractivity contribution in [1.29, 1.82) is 0 Å². The van der Waals surface area contributed by atoms with Gasteiger partial charge in [0.1, 0.15) is 5.75 Å². The Hall–Kier alpha value is -3.84. The number of aliphatic hydroxyl groups is 1. The van der Waals surface area contributed by atoms with Gasteiger partial charge in [-0.25, -0.2) is 0 Å². The number of nitrogens with zero attached hydrogens (tertiary/aromatic N) is 1. The zero-order chi connectivity index (χ0) is 22.9. The first-order valence-electron chi connectivity index (χ1n) is 10.3. The van der Waals surface area contributed by atoms with Crippen LogP contribution in [0.5, 0.6) is 5.75 Å². The van der Waals surface area contributed by atoms with Crippen molar-refractivity contribution in [3.63, 3.8) is 0 Å². The summed E-state index contributed by atoms with van der Waals surface area (Å²) in [6.07, 6.45) is -0.580. The van der Waals surface area contributed by atoms with E-state index in [1.165, 1.54) is 0 Å². The summed E-state index contributed by atoms with van der Waals surface area (Å²) in [7, 11) is 1.54. The van der Waals surface area contributed by atoms with E-state index in [2.05, 4.69) is 10.6 Å². The number of para-hydroxylation sites is 3. The maximum atomic E-state index is 12.6. The number of rotatable bonds is 9. The van der Waals surface area contributed by atoms with E-state index in [4.69, 9.17) is 4.74 Å². The zero-order valence-corrected chi connectivity index (χ0v) is 18.1. The molecular weight excluding hydrogens is 406 g/mol. The van der Waals surface area contributed by atoms with Gasteiger partial charge in [0.2, 0.25) is 5.91 Å². The van der Waals surface area contributed by atoms with Crippen LogP contribution in [-0.2, 0) is 4.79 Å². The van der Waals surface area contributed by atoms with Gasteiger partial charge in [-0.15, -0.1) is 0 Å². The molecule has 0 saturated carbocycles. The van der Waals surface area contributed by atoms with Crippen molar-refractivity contribution < 1.29 is 19.4 Å². The number of hydrogen-bond acceptors (Lipinski definition) is 5. The third-order valence-corrected chi connectivity index (χ3v) is 4.73. The van der Waals surface area contributed by atoms with Crippen LogP contribution in [0, 0.1) is 0 Å². The number of nitrogens with one attached hydrogen (secondary N) is 2. The summed E-state index contributed by atoms with van der Waals surface area (Å²) in [5.41, 5.74) is 2.46. The van der Waals surface area contributed by atoms with Crippen molar-refractivity contribution in [2.75, 3.05) is 35.7 Å². The molecule has 7 nitrogen and oxygen atoms in total. The highest BCUT2D eigenvalue weighted by atomic mass is 16.5. The van der Waals surface area contributed by atoms with E-state index >= 15 is 0 Å². The first-order valence-corrected chi connectivity index (χ1v) is 10.3. The highest BCUT2D eigenvalue weighted by molar-refractivity contribution is 6.05. The van der Waals surface area contributed by atoms with Gasteiger partial charge in [0.15, 0.2) is 0 Å². The molecule has 3 rings (SSSR count). The predicted molar refractivity (Wildman–Crippen MR) is 126 cm³/mol. The Balaban J connectivity index is 1.62. The number of ether oxygens (including phenoxy) is 1. The van der Waals surface area contributed by atoms with Crippen molar-refractivity contribution in [2.24, 2.45) is 0 Å². The molecule has 32 heavy (non-hydrogen) atoms. The molecular formula is C25H27N3O4. The fraction of sp³-hybridized carbons (Fsp3) is 0.200. The molecule has 0 heterocycles. The number of anilines is 3. The van der Waals surface area contributed by atoms with Gasteiger partial charge in [-0.1, -0.05) is 30.3 Å². The molecule has 0 fully saturated rings. The van der Waals surface area contributed by atoms with Crippen LogP contribution >= 0.6 is 0 Å². The molecule has 7 heteroatoms. The van der Waals surface area contributed by atoms with E-state index in [0.717, 1.165) is 5.69 Å². The standard InChI is InChI=1S/C25H27N3O4/c1-18(29)16-28(21-8-4-3-5-9-21)17-24(30)26-20-14-12-19(13-15-20)25(31)27-22-10-6-7-11-23(22)32-2/h3-15,18,29H,16-17H2,1-2H3,(H,26,30)(H,27,31). The molecule has 0 aliphatic rings. The average molecular weight is 434 g/mol. The molecule has 0 saturated heterocycles. The number of aliphatic hydroxyl groups excluding tert-OH is 1. The molecule has 3 aromatic carbocycles.